The molecular formula is C28H35N7O7. The summed E-state index contributed by atoms with van der Waals surface area (Å²) < 4.78 is 0. The molecule has 14 heteroatoms. The van der Waals surface area contributed by atoms with E-state index in [2.05, 4.69) is 26.3 Å². The van der Waals surface area contributed by atoms with Crippen LogP contribution in [0.1, 0.15) is 11.1 Å². The number of aromatic hydroxyl groups is 1. The van der Waals surface area contributed by atoms with Crippen molar-refractivity contribution in [2.45, 2.75) is 31.0 Å². The van der Waals surface area contributed by atoms with Crippen LogP contribution in [0.3, 0.4) is 0 Å². The maximum Gasteiger partial charge on any atom is 0.326 e. The van der Waals surface area contributed by atoms with E-state index in [0.29, 0.717) is 11.1 Å². The Labute approximate surface area is 241 Å². The molecule has 0 saturated heterocycles. The van der Waals surface area contributed by atoms with Gasteiger partial charge < -0.3 is 47.1 Å². The number of rotatable bonds is 13. The van der Waals surface area contributed by atoms with Gasteiger partial charge in [-0.15, -0.1) is 0 Å². The summed E-state index contributed by atoms with van der Waals surface area (Å²) in [6, 6.07) is 9.38. The molecule has 14 nitrogen and oxygen atoms in total. The molecule has 0 saturated carbocycles. The number of carboxylic acid groups (broad SMARTS) is 1. The van der Waals surface area contributed by atoms with E-state index in [1.54, 1.807) is 18.3 Å². The number of amides is 5. The van der Waals surface area contributed by atoms with Gasteiger partial charge in [0.2, 0.25) is 17.7 Å². The van der Waals surface area contributed by atoms with Crippen molar-refractivity contribution in [3.63, 3.8) is 0 Å². The van der Waals surface area contributed by atoms with Crippen LogP contribution < -0.4 is 27.0 Å². The molecular weight excluding hydrogens is 546 g/mol. The molecule has 3 atom stereocenters. The number of para-hydroxylation sites is 1. The minimum absolute atomic E-state index is 0.00560. The Kier molecular flexibility index (Phi) is 10.8. The lowest BCUT2D eigenvalue weighted by Gasteiger charge is -2.26. The summed E-state index contributed by atoms with van der Waals surface area (Å²) in [7, 11) is 2.79. The van der Waals surface area contributed by atoms with Crippen molar-refractivity contribution in [1.29, 1.82) is 0 Å². The van der Waals surface area contributed by atoms with Crippen LogP contribution in [0.15, 0.2) is 54.7 Å². The van der Waals surface area contributed by atoms with Gasteiger partial charge in [0, 0.05) is 44.2 Å². The largest absolute Gasteiger partial charge is 0.508 e. The minimum atomic E-state index is -1.27. The summed E-state index contributed by atoms with van der Waals surface area (Å²) in [5.41, 5.74) is 8.21. The van der Waals surface area contributed by atoms with E-state index in [1.165, 1.54) is 31.1 Å². The molecule has 0 aliphatic carbocycles. The number of carboxylic acids is 1. The van der Waals surface area contributed by atoms with Crippen molar-refractivity contribution in [1.82, 2.24) is 31.2 Å². The standard InChI is InChI=1S/C28H35N7O7/c1-30-25(38)23(15-35(2)26(39)20(29)11-16-6-5-7-18(36)10-16)33-24(37)14-32-28(42)34-22(27(40)41)12-17-13-31-21-9-4-3-8-19(17)21/h3-10,13,20,22-23,31,36H,11-12,14-15,29H2,1-2H3,(H,30,38)(H,33,37)(H,40,41)(H2,32,34,42). The smallest absolute Gasteiger partial charge is 0.326 e. The number of carbonyl (C=O) groups is 5. The Hall–Kier alpha value is -5.11. The summed E-state index contributed by atoms with van der Waals surface area (Å²) >= 11 is 0. The first-order valence-corrected chi connectivity index (χ1v) is 13.1. The van der Waals surface area contributed by atoms with Gasteiger partial charge in [-0.25, -0.2) is 9.59 Å². The molecule has 2 aromatic carbocycles. The van der Waals surface area contributed by atoms with Gasteiger partial charge in [0.1, 0.15) is 17.8 Å². The normalized spacial score (nSPS) is 12.9. The molecule has 1 aromatic heterocycles. The van der Waals surface area contributed by atoms with Crippen molar-refractivity contribution in [2.24, 2.45) is 5.73 Å². The molecule has 5 amide bonds. The van der Waals surface area contributed by atoms with Crippen LogP contribution in [0, 0.1) is 0 Å². The number of hydrogen-bond acceptors (Lipinski definition) is 7. The fraction of sp³-hybridized carbons (Fsp3) is 0.321. The zero-order chi connectivity index (χ0) is 30.8. The summed E-state index contributed by atoms with van der Waals surface area (Å²) in [6.07, 6.45) is 1.82. The van der Waals surface area contributed by atoms with Gasteiger partial charge in [-0.1, -0.05) is 30.3 Å². The topological polar surface area (TPSA) is 219 Å². The van der Waals surface area contributed by atoms with Gasteiger partial charge in [0.15, 0.2) is 0 Å². The predicted octanol–water partition coefficient (Wildman–Crippen LogP) is -0.572. The lowest BCUT2D eigenvalue weighted by molar-refractivity contribution is -0.139. The molecule has 224 valence electrons. The Bertz CT molecular complexity index is 1440. The number of likely N-dealkylation sites (N-methyl/N-ethyl adjacent to an activating group) is 2. The van der Waals surface area contributed by atoms with E-state index >= 15 is 0 Å². The van der Waals surface area contributed by atoms with Crippen LogP contribution in [0.2, 0.25) is 0 Å². The van der Waals surface area contributed by atoms with Crippen LogP contribution in [0.25, 0.3) is 10.9 Å². The zero-order valence-corrected chi connectivity index (χ0v) is 23.2. The van der Waals surface area contributed by atoms with Crippen LogP contribution in [0.4, 0.5) is 4.79 Å². The van der Waals surface area contributed by atoms with Crippen LogP contribution >= 0.6 is 0 Å². The number of aromatic nitrogens is 1. The van der Waals surface area contributed by atoms with E-state index < -0.39 is 54.4 Å². The van der Waals surface area contributed by atoms with E-state index in [4.69, 9.17) is 5.73 Å². The third-order valence-corrected chi connectivity index (χ3v) is 6.53. The molecule has 0 aliphatic rings. The first-order chi connectivity index (χ1) is 20.0. The van der Waals surface area contributed by atoms with E-state index in [1.807, 2.05) is 24.3 Å². The highest BCUT2D eigenvalue weighted by Crippen LogP contribution is 2.19. The van der Waals surface area contributed by atoms with Crippen LogP contribution in [-0.4, -0.2) is 95.1 Å². The van der Waals surface area contributed by atoms with Gasteiger partial charge in [0.05, 0.1) is 12.6 Å². The molecule has 0 bridgehead atoms. The molecule has 1 heterocycles. The van der Waals surface area contributed by atoms with E-state index in [0.717, 1.165) is 10.9 Å². The lowest BCUT2D eigenvalue weighted by Crippen LogP contribution is -2.56. The number of fused-ring (bicyclic) bond motifs is 1. The number of H-pyrrole nitrogens is 1. The average molecular weight is 582 g/mol. The van der Waals surface area contributed by atoms with Crippen molar-refractivity contribution in [2.75, 3.05) is 27.2 Å². The first kappa shape index (κ1) is 31.4. The SMILES string of the molecule is CNC(=O)C(CN(C)C(=O)C(N)Cc1cccc(O)c1)NC(=O)CNC(=O)NC(Cc1c[nH]c2ccccc12)C(=O)O. The molecule has 0 spiro atoms. The van der Waals surface area contributed by atoms with Gasteiger partial charge in [-0.3, -0.25) is 14.4 Å². The predicted molar refractivity (Wildman–Crippen MR) is 153 cm³/mol. The second kappa shape index (κ2) is 14.5. The van der Waals surface area contributed by atoms with E-state index in [-0.39, 0.29) is 25.1 Å². The van der Waals surface area contributed by atoms with Crippen molar-refractivity contribution < 1.29 is 34.2 Å². The highest BCUT2D eigenvalue weighted by Gasteiger charge is 2.27. The number of hydrogen-bond donors (Lipinski definition) is 8. The fourth-order valence-electron chi connectivity index (χ4n) is 4.38. The summed E-state index contributed by atoms with van der Waals surface area (Å²) in [5.74, 6) is -3.03. The second-order valence-electron chi connectivity index (χ2n) is 9.72. The number of phenolic OH excluding ortho intramolecular Hbond substituents is 1. The highest BCUT2D eigenvalue weighted by atomic mass is 16.4. The van der Waals surface area contributed by atoms with Crippen molar-refractivity contribution >= 4 is 40.6 Å². The van der Waals surface area contributed by atoms with Gasteiger partial charge >= 0.3 is 12.0 Å². The Morgan fingerprint density at radius 1 is 1.00 bits per heavy atom. The first-order valence-electron chi connectivity index (χ1n) is 13.1. The molecule has 0 aliphatic heterocycles. The Morgan fingerprint density at radius 2 is 1.74 bits per heavy atom. The van der Waals surface area contributed by atoms with Crippen molar-refractivity contribution in [3.8, 4) is 5.75 Å². The third kappa shape index (κ3) is 8.69. The Balaban J connectivity index is 1.52. The van der Waals surface area contributed by atoms with Gasteiger partial charge in [-0.2, -0.15) is 0 Å². The van der Waals surface area contributed by atoms with Gasteiger partial charge in [-0.05, 0) is 35.7 Å². The lowest BCUT2D eigenvalue weighted by atomic mass is 10.1. The van der Waals surface area contributed by atoms with Crippen LogP contribution in [-0.2, 0) is 32.0 Å². The number of nitrogens with one attached hydrogen (secondary N) is 5. The van der Waals surface area contributed by atoms with E-state index in [9.17, 15) is 34.2 Å². The van der Waals surface area contributed by atoms with Crippen molar-refractivity contribution in [3.05, 3.63) is 65.9 Å². The number of aliphatic carboxylic acids is 1. The Morgan fingerprint density at radius 3 is 2.43 bits per heavy atom. The number of nitrogens with two attached hydrogens (primary N) is 1. The number of benzene rings is 2. The molecule has 0 radical (unpaired) electrons. The molecule has 9 N–H and O–H groups in total. The fourth-order valence-corrected chi connectivity index (χ4v) is 4.38. The maximum atomic E-state index is 12.8. The quantitative estimate of drug-likeness (QED) is 0.130. The number of urea groups is 1. The molecule has 42 heavy (non-hydrogen) atoms. The highest BCUT2D eigenvalue weighted by molar-refractivity contribution is 5.91. The minimum Gasteiger partial charge on any atom is -0.508 e. The monoisotopic (exact) mass is 581 g/mol. The molecule has 3 unspecified atom stereocenters. The second-order valence-corrected chi connectivity index (χ2v) is 9.72. The zero-order valence-electron chi connectivity index (χ0n) is 23.2. The van der Waals surface area contributed by atoms with Gasteiger partial charge in [0.25, 0.3) is 0 Å². The molecule has 3 rings (SSSR count). The summed E-state index contributed by atoms with van der Waals surface area (Å²) in [5, 5.41) is 29.5. The van der Waals surface area contributed by atoms with Crippen LogP contribution in [0.5, 0.6) is 5.75 Å². The number of aromatic amines is 1. The number of phenols is 1. The molecule has 3 aromatic rings. The molecule has 0 fully saturated rings. The summed E-state index contributed by atoms with van der Waals surface area (Å²) in [6.45, 7) is -0.774. The number of nitrogens with zero attached hydrogens (tertiary/aromatic N) is 1. The average Bonchev–Trinajstić information content (AvgIpc) is 3.37. The summed E-state index contributed by atoms with van der Waals surface area (Å²) in [4.78, 5) is 66.2. The third-order valence-electron chi connectivity index (χ3n) is 6.53. The maximum absolute atomic E-state index is 12.8. The number of carbonyl (C=O) groups excluding carboxylic acids is 4.